The number of carbonyl (C=O) groups is 2. The van der Waals surface area contributed by atoms with Crippen molar-refractivity contribution in [3.8, 4) is 23.6 Å². The second-order valence-electron chi connectivity index (χ2n) is 6.67. The predicted molar refractivity (Wildman–Crippen MR) is 116 cm³/mol. The summed E-state index contributed by atoms with van der Waals surface area (Å²) in [4.78, 5) is 24.9. The van der Waals surface area contributed by atoms with E-state index in [4.69, 9.17) is 11.2 Å². The molecule has 1 aromatic heterocycles. The SMILES string of the molecule is C#CCOCc1ccc(-c2nsnc2C(=O)N[C@@H](Cc2ccccc2)C(=O)CF)cc1. The molecule has 31 heavy (non-hydrogen) atoms. The Hall–Kier alpha value is -3.41. The van der Waals surface area contributed by atoms with Crippen LogP contribution in [0.25, 0.3) is 11.3 Å². The van der Waals surface area contributed by atoms with Gasteiger partial charge in [-0.25, -0.2) is 4.39 Å². The number of terminal acetylenes is 1. The summed E-state index contributed by atoms with van der Waals surface area (Å²) in [6.45, 7) is -0.563. The average Bonchev–Trinajstić information content (AvgIpc) is 3.29. The molecule has 1 amide bonds. The molecular formula is C23H20FN3O3S. The maximum atomic E-state index is 13.1. The maximum Gasteiger partial charge on any atom is 0.273 e. The molecule has 0 aliphatic heterocycles. The van der Waals surface area contributed by atoms with Gasteiger partial charge in [-0.2, -0.15) is 8.75 Å². The molecule has 1 heterocycles. The number of ketones is 1. The molecule has 6 nitrogen and oxygen atoms in total. The number of nitrogens with zero attached hydrogens (tertiary/aromatic N) is 2. The third-order valence-electron chi connectivity index (χ3n) is 4.49. The summed E-state index contributed by atoms with van der Waals surface area (Å²) in [6, 6.07) is 15.4. The third-order valence-corrected chi connectivity index (χ3v) is 5.02. The van der Waals surface area contributed by atoms with E-state index in [-0.39, 0.29) is 18.7 Å². The highest BCUT2D eigenvalue weighted by Crippen LogP contribution is 2.23. The molecule has 1 N–H and O–H groups in total. The van der Waals surface area contributed by atoms with Crippen molar-refractivity contribution in [3.63, 3.8) is 0 Å². The first-order valence-corrected chi connectivity index (χ1v) is 10.2. The van der Waals surface area contributed by atoms with E-state index in [0.717, 1.165) is 22.9 Å². The highest BCUT2D eigenvalue weighted by molar-refractivity contribution is 6.99. The van der Waals surface area contributed by atoms with Gasteiger partial charge in [0, 0.05) is 5.56 Å². The first kappa shape index (κ1) is 22.3. The van der Waals surface area contributed by atoms with Crippen LogP contribution in [0, 0.1) is 12.3 Å². The molecule has 2 aromatic carbocycles. The number of benzene rings is 2. The molecule has 3 aromatic rings. The van der Waals surface area contributed by atoms with Crippen molar-refractivity contribution >= 4 is 23.4 Å². The van der Waals surface area contributed by atoms with Crippen LogP contribution in [0.3, 0.4) is 0 Å². The smallest absolute Gasteiger partial charge is 0.273 e. The van der Waals surface area contributed by atoms with E-state index >= 15 is 0 Å². The molecule has 0 radical (unpaired) electrons. The van der Waals surface area contributed by atoms with Crippen LogP contribution >= 0.6 is 11.7 Å². The fourth-order valence-corrected chi connectivity index (χ4v) is 3.49. The van der Waals surface area contributed by atoms with E-state index in [9.17, 15) is 14.0 Å². The molecule has 0 saturated carbocycles. The number of amides is 1. The van der Waals surface area contributed by atoms with Gasteiger partial charge in [-0.1, -0.05) is 60.5 Å². The van der Waals surface area contributed by atoms with E-state index in [1.54, 1.807) is 12.1 Å². The van der Waals surface area contributed by atoms with Gasteiger partial charge in [0.25, 0.3) is 5.91 Å². The normalized spacial score (nSPS) is 11.5. The van der Waals surface area contributed by atoms with Crippen molar-refractivity contribution in [1.29, 1.82) is 0 Å². The topological polar surface area (TPSA) is 81.2 Å². The van der Waals surface area contributed by atoms with E-state index in [1.165, 1.54) is 0 Å². The number of nitrogens with one attached hydrogen (secondary N) is 1. The summed E-state index contributed by atoms with van der Waals surface area (Å²) in [6.07, 6.45) is 5.35. The highest BCUT2D eigenvalue weighted by Gasteiger charge is 2.25. The van der Waals surface area contributed by atoms with Gasteiger partial charge < -0.3 is 10.1 Å². The van der Waals surface area contributed by atoms with Gasteiger partial charge >= 0.3 is 0 Å². The largest absolute Gasteiger partial charge is 0.364 e. The Kier molecular flexibility index (Phi) is 7.98. The van der Waals surface area contributed by atoms with Gasteiger partial charge in [0.2, 0.25) is 0 Å². The summed E-state index contributed by atoms with van der Waals surface area (Å²) < 4.78 is 26.7. The van der Waals surface area contributed by atoms with Crippen LogP contribution in [-0.4, -0.2) is 39.8 Å². The Morgan fingerprint density at radius 2 is 1.84 bits per heavy atom. The third kappa shape index (κ3) is 6.04. The molecule has 0 aliphatic rings. The van der Waals surface area contributed by atoms with Crippen LogP contribution in [-0.2, 0) is 22.6 Å². The minimum atomic E-state index is -1.16. The maximum absolute atomic E-state index is 13.1. The van der Waals surface area contributed by atoms with E-state index in [2.05, 4.69) is 20.0 Å². The first-order valence-electron chi connectivity index (χ1n) is 9.49. The fraction of sp³-hybridized carbons (Fsp3) is 0.217. The van der Waals surface area contributed by atoms with Gasteiger partial charge in [-0.05, 0) is 17.5 Å². The minimum Gasteiger partial charge on any atom is -0.364 e. The molecule has 0 aliphatic carbocycles. The van der Waals surface area contributed by atoms with Gasteiger partial charge in [0.1, 0.15) is 19.0 Å². The van der Waals surface area contributed by atoms with Crippen LogP contribution < -0.4 is 5.32 Å². The predicted octanol–water partition coefficient (Wildman–Crippen LogP) is 3.23. The van der Waals surface area contributed by atoms with Crippen molar-refractivity contribution in [3.05, 3.63) is 71.4 Å². The zero-order valence-corrected chi connectivity index (χ0v) is 17.4. The van der Waals surface area contributed by atoms with Crippen LogP contribution in [0.1, 0.15) is 21.6 Å². The number of hydrogen-bond donors (Lipinski definition) is 1. The zero-order chi connectivity index (χ0) is 22.1. The number of rotatable bonds is 10. The summed E-state index contributed by atoms with van der Waals surface area (Å²) in [5.41, 5.74) is 2.91. The molecule has 0 spiro atoms. The molecule has 3 rings (SSSR count). The average molecular weight is 437 g/mol. The summed E-state index contributed by atoms with van der Waals surface area (Å²) >= 11 is 0.889. The summed E-state index contributed by atoms with van der Waals surface area (Å²) in [7, 11) is 0. The Balaban J connectivity index is 1.74. The second kappa shape index (κ2) is 11.1. The van der Waals surface area contributed by atoms with E-state index in [0.29, 0.717) is 17.9 Å². The Labute approximate surface area is 183 Å². The molecule has 158 valence electrons. The van der Waals surface area contributed by atoms with Crippen molar-refractivity contribution in [2.75, 3.05) is 13.3 Å². The number of halogens is 1. The number of carbonyl (C=O) groups excluding carboxylic acids is 2. The van der Waals surface area contributed by atoms with Gasteiger partial charge in [0.05, 0.1) is 24.4 Å². The van der Waals surface area contributed by atoms with Crippen molar-refractivity contribution < 1.29 is 18.7 Å². The summed E-state index contributed by atoms with van der Waals surface area (Å²) in [5, 5.41) is 2.61. The van der Waals surface area contributed by atoms with Crippen molar-refractivity contribution in [2.45, 2.75) is 19.1 Å². The van der Waals surface area contributed by atoms with Gasteiger partial charge in [-0.3, -0.25) is 9.59 Å². The van der Waals surface area contributed by atoms with Crippen molar-refractivity contribution in [1.82, 2.24) is 14.1 Å². The van der Waals surface area contributed by atoms with Crippen LogP contribution in [0.15, 0.2) is 54.6 Å². The van der Waals surface area contributed by atoms with E-state index < -0.39 is 24.4 Å². The van der Waals surface area contributed by atoms with Crippen LogP contribution in [0.4, 0.5) is 4.39 Å². The summed E-state index contributed by atoms with van der Waals surface area (Å²) in [5.74, 6) is 1.13. The molecule has 0 bridgehead atoms. The Bertz CT molecular complexity index is 1060. The Morgan fingerprint density at radius 1 is 1.10 bits per heavy atom. The van der Waals surface area contributed by atoms with Gasteiger partial charge in [0.15, 0.2) is 11.5 Å². The lowest BCUT2D eigenvalue weighted by molar-refractivity contribution is -0.121. The number of alkyl halides is 1. The quantitative estimate of drug-likeness (QED) is 0.389. The zero-order valence-electron chi connectivity index (χ0n) is 16.6. The van der Waals surface area contributed by atoms with E-state index in [1.807, 2.05) is 42.5 Å². The number of hydrogen-bond acceptors (Lipinski definition) is 6. The lowest BCUT2D eigenvalue weighted by atomic mass is 10.0. The second-order valence-corrected chi connectivity index (χ2v) is 7.20. The standard InChI is InChI=1S/C23H20FN3O3S/c1-2-12-30-15-17-8-10-18(11-9-17)21-22(27-31-26-21)23(29)25-19(20(28)14-24)13-16-6-4-3-5-7-16/h1,3-11,19H,12-15H2,(H,25,29)/t19-/m0/s1. The Morgan fingerprint density at radius 3 is 2.52 bits per heavy atom. The van der Waals surface area contributed by atoms with Gasteiger partial charge in [-0.15, -0.1) is 6.42 Å². The highest BCUT2D eigenvalue weighted by atomic mass is 32.1. The van der Waals surface area contributed by atoms with Crippen molar-refractivity contribution in [2.24, 2.45) is 0 Å². The molecular weight excluding hydrogens is 417 g/mol. The monoisotopic (exact) mass is 437 g/mol. The lowest BCUT2D eigenvalue weighted by Crippen LogP contribution is -2.43. The lowest BCUT2D eigenvalue weighted by Gasteiger charge is -2.16. The molecule has 1 atom stereocenters. The molecule has 0 unspecified atom stereocenters. The number of aromatic nitrogens is 2. The number of ether oxygens (including phenoxy) is 1. The number of Topliss-reactive ketones (excluding diaryl/α,β-unsaturated/α-hetero) is 1. The molecule has 0 saturated heterocycles. The minimum absolute atomic E-state index is 0.0889. The van der Waals surface area contributed by atoms with Crippen LogP contribution in [0.5, 0.6) is 0 Å². The molecule has 8 heteroatoms. The molecule has 0 fully saturated rings. The fourth-order valence-electron chi connectivity index (χ4n) is 2.93. The first-order chi connectivity index (χ1) is 15.1. The van der Waals surface area contributed by atoms with Crippen LogP contribution in [0.2, 0.25) is 0 Å².